The van der Waals surface area contributed by atoms with Gasteiger partial charge >= 0.3 is 5.97 Å². The second kappa shape index (κ2) is 9.04. The lowest BCUT2D eigenvalue weighted by Gasteiger charge is -2.21. The third kappa shape index (κ3) is 4.59. The van der Waals surface area contributed by atoms with Crippen LogP contribution in [0.15, 0.2) is 23.2 Å². The molecule has 2 aromatic rings. The molecule has 0 amide bonds. The Labute approximate surface area is 191 Å². The number of aliphatic carboxylic acids is 1. The van der Waals surface area contributed by atoms with E-state index in [0.29, 0.717) is 6.04 Å². The zero-order valence-corrected chi connectivity index (χ0v) is 19.1. The van der Waals surface area contributed by atoms with Gasteiger partial charge in [0.2, 0.25) is 0 Å². The van der Waals surface area contributed by atoms with Crippen LogP contribution in [0, 0.1) is 0 Å². The summed E-state index contributed by atoms with van der Waals surface area (Å²) < 4.78 is 0. The summed E-state index contributed by atoms with van der Waals surface area (Å²) in [5, 5.41) is 16.0. The number of hydrogen-bond donors (Lipinski definition) is 3. The van der Waals surface area contributed by atoms with Gasteiger partial charge in [0.15, 0.2) is 0 Å². The fourth-order valence-electron chi connectivity index (χ4n) is 5.13. The summed E-state index contributed by atoms with van der Waals surface area (Å²) >= 11 is 8.18. The number of likely N-dealkylation sites (tertiary alicyclic amines) is 1. The summed E-state index contributed by atoms with van der Waals surface area (Å²) in [6.45, 7) is 1.68. The predicted octanol–water partition coefficient (Wildman–Crippen LogP) is 4.98. The van der Waals surface area contributed by atoms with Crippen LogP contribution in [-0.2, 0) is 4.79 Å². The van der Waals surface area contributed by atoms with Crippen LogP contribution in [0.1, 0.15) is 50.6 Å². The van der Waals surface area contributed by atoms with E-state index in [2.05, 4.69) is 21.3 Å². The molecule has 1 aliphatic carbocycles. The summed E-state index contributed by atoms with van der Waals surface area (Å²) in [6, 6.07) is 6.62. The topological polar surface area (TPSA) is 80.7 Å². The molecule has 0 radical (unpaired) electrons. The van der Waals surface area contributed by atoms with Crippen LogP contribution in [0.3, 0.4) is 0 Å². The van der Waals surface area contributed by atoms with Crippen molar-refractivity contribution in [3.63, 3.8) is 0 Å². The average Bonchev–Trinajstić information content (AvgIpc) is 3.51. The van der Waals surface area contributed by atoms with E-state index in [1.807, 2.05) is 12.1 Å². The highest BCUT2D eigenvalue weighted by molar-refractivity contribution is 8.14. The maximum absolute atomic E-state index is 11.4. The van der Waals surface area contributed by atoms with Crippen LogP contribution in [-0.4, -0.2) is 63.0 Å². The Hall–Kier alpha value is -1.70. The van der Waals surface area contributed by atoms with Crippen molar-refractivity contribution >= 4 is 51.0 Å². The molecule has 3 N–H and O–H groups in total. The van der Waals surface area contributed by atoms with Crippen molar-refractivity contribution in [3.8, 4) is 0 Å². The fraction of sp³-hybridized carbons (Fsp3) is 0.565. The first-order valence-corrected chi connectivity index (χ1v) is 12.7. The maximum atomic E-state index is 11.4. The molecule has 1 aromatic carbocycles. The van der Waals surface area contributed by atoms with Gasteiger partial charge in [-0.25, -0.2) is 0 Å². The first-order chi connectivity index (χ1) is 15.1. The molecule has 166 valence electrons. The van der Waals surface area contributed by atoms with Gasteiger partial charge in [0, 0.05) is 28.7 Å². The van der Waals surface area contributed by atoms with Crippen molar-refractivity contribution < 1.29 is 9.90 Å². The number of benzene rings is 1. The van der Waals surface area contributed by atoms with Crippen molar-refractivity contribution in [2.75, 3.05) is 24.2 Å². The molecule has 3 heterocycles. The second-order valence-corrected chi connectivity index (χ2v) is 10.4. The number of fused-ring (bicyclic) bond motifs is 1. The third-order valence-electron chi connectivity index (χ3n) is 6.75. The molecular formula is C23H29ClN4O2S. The summed E-state index contributed by atoms with van der Waals surface area (Å²) in [7, 11) is 0. The monoisotopic (exact) mass is 460 g/mol. The number of anilines is 1. The highest BCUT2D eigenvalue weighted by atomic mass is 35.5. The highest BCUT2D eigenvalue weighted by Crippen LogP contribution is 2.34. The van der Waals surface area contributed by atoms with Gasteiger partial charge in [-0.2, -0.15) is 0 Å². The smallest absolute Gasteiger partial charge is 0.320 e. The number of aromatic amines is 1. The lowest BCUT2D eigenvalue weighted by atomic mass is 10.2. The lowest BCUT2D eigenvalue weighted by molar-refractivity contribution is -0.142. The number of hydrogen-bond acceptors (Lipinski definition) is 5. The lowest BCUT2D eigenvalue weighted by Crippen LogP contribution is -2.37. The zero-order chi connectivity index (χ0) is 21.4. The Bertz CT molecular complexity index is 1000. The molecule has 0 spiro atoms. The van der Waals surface area contributed by atoms with Crippen molar-refractivity contribution in [2.24, 2.45) is 4.99 Å². The van der Waals surface area contributed by atoms with Gasteiger partial charge in [-0.15, -0.1) is 11.8 Å². The molecule has 2 atom stereocenters. The van der Waals surface area contributed by atoms with Crippen LogP contribution >= 0.6 is 23.4 Å². The molecule has 2 aliphatic heterocycles. The number of H-pyrrole nitrogens is 1. The molecule has 8 heteroatoms. The number of carboxylic acids is 1. The number of nitrogens with zero attached hydrogens (tertiary/aromatic N) is 2. The van der Waals surface area contributed by atoms with Crippen LogP contribution in [0.5, 0.6) is 0 Å². The fourth-order valence-corrected chi connectivity index (χ4v) is 6.43. The molecule has 1 saturated heterocycles. The van der Waals surface area contributed by atoms with E-state index in [1.54, 1.807) is 11.8 Å². The minimum atomic E-state index is -0.693. The van der Waals surface area contributed by atoms with Crippen LogP contribution in [0.4, 0.5) is 5.69 Å². The third-order valence-corrected chi connectivity index (χ3v) is 8.12. The number of rotatable bonds is 7. The minimum absolute atomic E-state index is 0.237. The Morgan fingerprint density at radius 2 is 2.10 bits per heavy atom. The number of carbonyl (C=O) groups is 1. The van der Waals surface area contributed by atoms with Crippen LogP contribution < -0.4 is 5.32 Å². The van der Waals surface area contributed by atoms with E-state index >= 15 is 0 Å². The van der Waals surface area contributed by atoms with Crippen molar-refractivity contribution in [2.45, 2.75) is 63.1 Å². The van der Waals surface area contributed by atoms with Gasteiger partial charge in [-0.3, -0.25) is 14.7 Å². The quantitative estimate of drug-likeness (QED) is 0.543. The standard InChI is InChI=1S/C23H29ClN4O2S/c24-15-10-14-11-19(27-21(14)18(12-15)25-16-4-1-2-5-16)22-26-17(13-31-22)7-9-28-8-3-6-20(28)23(29)30/h10-12,16-17,20,25,27H,1-9,13H2,(H,29,30). The predicted molar refractivity (Wildman–Crippen MR) is 129 cm³/mol. The molecule has 1 aromatic heterocycles. The summed E-state index contributed by atoms with van der Waals surface area (Å²) in [5.41, 5.74) is 3.22. The van der Waals surface area contributed by atoms with Gasteiger partial charge in [0.1, 0.15) is 11.1 Å². The Morgan fingerprint density at radius 3 is 2.90 bits per heavy atom. The number of thioether (sulfide) groups is 1. The molecule has 2 unspecified atom stereocenters. The number of aromatic nitrogens is 1. The van der Waals surface area contributed by atoms with E-state index in [-0.39, 0.29) is 12.1 Å². The summed E-state index contributed by atoms with van der Waals surface area (Å²) in [4.78, 5) is 22.0. The first kappa shape index (κ1) is 21.2. The van der Waals surface area contributed by atoms with Crippen molar-refractivity contribution in [3.05, 3.63) is 28.9 Å². The Balaban J connectivity index is 1.29. The van der Waals surface area contributed by atoms with E-state index in [9.17, 15) is 9.90 Å². The zero-order valence-electron chi connectivity index (χ0n) is 17.6. The van der Waals surface area contributed by atoms with Gasteiger partial charge < -0.3 is 15.4 Å². The Morgan fingerprint density at radius 1 is 1.26 bits per heavy atom. The van der Waals surface area contributed by atoms with Gasteiger partial charge in [-0.05, 0) is 56.8 Å². The molecule has 5 rings (SSSR count). The molecule has 3 aliphatic rings. The van der Waals surface area contributed by atoms with Crippen molar-refractivity contribution in [1.29, 1.82) is 0 Å². The van der Waals surface area contributed by atoms with Gasteiger partial charge in [-0.1, -0.05) is 24.4 Å². The maximum Gasteiger partial charge on any atom is 0.320 e. The summed E-state index contributed by atoms with van der Waals surface area (Å²) in [5.74, 6) is 0.255. The van der Waals surface area contributed by atoms with Gasteiger partial charge in [0.05, 0.1) is 22.9 Å². The number of halogens is 1. The van der Waals surface area contributed by atoms with E-state index in [0.717, 1.165) is 70.5 Å². The molecule has 1 saturated carbocycles. The highest BCUT2D eigenvalue weighted by Gasteiger charge is 2.31. The Kier molecular flexibility index (Phi) is 6.17. The van der Waals surface area contributed by atoms with Crippen molar-refractivity contribution in [1.82, 2.24) is 9.88 Å². The molecular weight excluding hydrogens is 432 g/mol. The number of aliphatic imine (C=N–C) groups is 1. The van der Waals surface area contributed by atoms with E-state index in [1.165, 1.54) is 25.7 Å². The van der Waals surface area contributed by atoms with Crippen LogP contribution in [0.25, 0.3) is 10.9 Å². The van der Waals surface area contributed by atoms with E-state index < -0.39 is 5.97 Å². The second-order valence-electron chi connectivity index (χ2n) is 8.95. The van der Waals surface area contributed by atoms with Crippen LogP contribution in [0.2, 0.25) is 5.02 Å². The normalized spacial score (nSPS) is 24.9. The minimum Gasteiger partial charge on any atom is -0.480 e. The SMILES string of the molecule is O=C(O)C1CCCN1CCC1CSC(c2cc3cc(Cl)cc(NC4CCCC4)c3[nH]2)=N1. The molecule has 31 heavy (non-hydrogen) atoms. The summed E-state index contributed by atoms with van der Waals surface area (Å²) in [6.07, 6.45) is 7.64. The number of carboxylic acid groups (broad SMARTS) is 1. The largest absolute Gasteiger partial charge is 0.480 e. The van der Waals surface area contributed by atoms with E-state index in [4.69, 9.17) is 16.6 Å². The molecule has 2 fully saturated rings. The van der Waals surface area contributed by atoms with Gasteiger partial charge in [0.25, 0.3) is 0 Å². The first-order valence-electron chi connectivity index (χ1n) is 11.3. The average molecular weight is 461 g/mol. The molecule has 0 bridgehead atoms. The molecule has 6 nitrogen and oxygen atoms in total. The number of nitrogens with one attached hydrogen (secondary N) is 2.